The van der Waals surface area contributed by atoms with Gasteiger partial charge in [0.05, 0.1) is 18.7 Å². The number of nitrogens with one attached hydrogen (secondary N) is 1. The summed E-state index contributed by atoms with van der Waals surface area (Å²) in [5, 5.41) is 22.1. The van der Waals surface area contributed by atoms with Crippen LogP contribution in [0.5, 0.6) is 0 Å². The first-order valence-corrected chi connectivity index (χ1v) is 9.71. The van der Waals surface area contributed by atoms with Gasteiger partial charge in [-0.1, -0.05) is 13.8 Å². The second-order valence-corrected chi connectivity index (χ2v) is 9.64. The van der Waals surface area contributed by atoms with Crippen molar-refractivity contribution in [3.63, 3.8) is 0 Å². The zero-order valence-electron chi connectivity index (χ0n) is 15.3. The molecule has 4 aliphatic carbocycles. The van der Waals surface area contributed by atoms with Crippen molar-refractivity contribution < 1.29 is 4.79 Å². The van der Waals surface area contributed by atoms with E-state index in [0.29, 0.717) is 30.2 Å². The molecule has 1 saturated heterocycles. The van der Waals surface area contributed by atoms with Gasteiger partial charge in [-0.15, -0.1) is 0 Å². The van der Waals surface area contributed by atoms with E-state index in [4.69, 9.17) is 0 Å². The van der Waals surface area contributed by atoms with Crippen LogP contribution in [-0.4, -0.2) is 35.5 Å². The van der Waals surface area contributed by atoms with Gasteiger partial charge in [-0.3, -0.25) is 4.79 Å². The van der Waals surface area contributed by atoms with E-state index in [1.165, 1.54) is 37.0 Å². The topological polar surface area (TPSA) is 79.9 Å². The van der Waals surface area contributed by atoms with Crippen LogP contribution in [-0.2, 0) is 4.79 Å². The Kier molecular flexibility index (Phi) is 3.85. The normalized spacial score (nSPS) is 47.5. The van der Waals surface area contributed by atoms with Gasteiger partial charge in [0.15, 0.2) is 0 Å². The lowest BCUT2D eigenvalue weighted by molar-refractivity contribution is -0.135. The van der Waals surface area contributed by atoms with Crippen LogP contribution in [0.1, 0.15) is 58.8 Å². The molecule has 0 radical (unpaired) electrons. The Labute approximate surface area is 150 Å². The molecule has 5 heteroatoms. The molecule has 5 rings (SSSR count). The van der Waals surface area contributed by atoms with Crippen LogP contribution in [0.2, 0.25) is 0 Å². The molecule has 5 unspecified atom stereocenters. The predicted molar refractivity (Wildman–Crippen MR) is 93.0 cm³/mol. The van der Waals surface area contributed by atoms with E-state index in [1.807, 2.05) is 0 Å². The van der Waals surface area contributed by atoms with E-state index >= 15 is 0 Å². The highest BCUT2D eigenvalue weighted by Crippen LogP contribution is 2.64. The molecule has 1 amide bonds. The number of hydrogen-bond donors (Lipinski definition) is 1. The van der Waals surface area contributed by atoms with Gasteiger partial charge < -0.3 is 10.2 Å². The van der Waals surface area contributed by atoms with E-state index in [0.717, 1.165) is 5.92 Å². The number of hydrogen-bond acceptors (Lipinski definition) is 4. The van der Waals surface area contributed by atoms with Crippen molar-refractivity contribution in [1.82, 2.24) is 10.2 Å². The minimum atomic E-state index is -0.438. The minimum Gasteiger partial charge on any atom is -0.310 e. The summed E-state index contributed by atoms with van der Waals surface area (Å²) >= 11 is 0. The quantitative estimate of drug-likeness (QED) is 0.856. The molecule has 134 valence electrons. The van der Waals surface area contributed by atoms with E-state index in [1.54, 1.807) is 0 Å². The average molecular weight is 340 g/mol. The van der Waals surface area contributed by atoms with Gasteiger partial charge in [-0.05, 0) is 67.6 Å². The molecule has 4 saturated carbocycles. The zero-order valence-corrected chi connectivity index (χ0v) is 15.3. The number of nitriles is 2. The summed E-state index contributed by atoms with van der Waals surface area (Å²) in [4.78, 5) is 14.3. The van der Waals surface area contributed by atoms with Crippen molar-refractivity contribution in [3.8, 4) is 12.1 Å². The second kappa shape index (κ2) is 5.71. The molecule has 1 heterocycles. The Morgan fingerprint density at radius 3 is 2.40 bits per heavy atom. The van der Waals surface area contributed by atoms with E-state index < -0.39 is 12.1 Å². The molecule has 7 atom stereocenters. The lowest BCUT2D eigenvalue weighted by atomic mass is 9.43. The minimum absolute atomic E-state index is 0.0841. The molecular weight excluding hydrogens is 312 g/mol. The number of amides is 1. The highest BCUT2D eigenvalue weighted by atomic mass is 16.2. The zero-order chi connectivity index (χ0) is 17.8. The number of likely N-dealkylation sites (tertiary alicyclic amines) is 1. The van der Waals surface area contributed by atoms with Crippen LogP contribution in [0, 0.1) is 45.3 Å². The van der Waals surface area contributed by atoms with Gasteiger partial charge >= 0.3 is 0 Å². The fourth-order valence-electron chi connectivity index (χ4n) is 7.19. The summed E-state index contributed by atoms with van der Waals surface area (Å²) in [5.74, 6) is 1.45. The maximum Gasteiger partial charge on any atom is 0.238 e. The molecule has 5 fully saturated rings. The summed E-state index contributed by atoms with van der Waals surface area (Å²) in [7, 11) is 0. The molecule has 0 aromatic rings. The monoisotopic (exact) mass is 340 g/mol. The van der Waals surface area contributed by atoms with E-state index in [-0.39, 0.29) is 17.9 Å². The molecule has 5 nitrogen and oxygen atoms in total. The Hall–Kier alpha value is -1.59. The largest absolute Gasteiger partial charge is 0.310 e. The summed E-state index contributed by atoms with van der Waals surface area (Å²) in [6, 6.07) is 3.89. The Balaban J connectivity index is 1.44. The van der Waals surface area contributed by atoms with Crippen molar-refractivity contribution >= 4 is 5.91 Å². The SMILES string of the molecule is CC12CC3CC(C1)C(NCC(=O)N1[C@H](C#N)CC[C@@H]1C#N)C(C)(C3)C2. The molecule has 0 aromatic heterocycles. The number of carbonyl (C=O) groups is 1. The summed E-state index contributed by atoms with van der Waals surface area (Å²) in [6.07, 6.45) is 7.71. The third kappa shape index (κ3) is 2.64. The molecule has 1 N–H and O–H groups in total. The summed E-state index contributed by atoms with van der Waals surface area (Å²) in [6.45, 7) is 5.11. The first kappa shape index (κ1) is 16.9. The number of carbonyl (C=O) groups excluding carboxylic acids is 1. The predicted octanol–water partition coefficient (Wildman–Crippen LogP) is 2.59. The van der Waals surface area contributed by atoms with Crippen molar-refractivity contribution in [2.75, 3.05) is 6.54 Å². The molecule has 4 bridgehead atoms. The van der Waals surface area contributed by atoms with Crippen LogP contribution in [0.4, 0.5) is 0 Å². The number of rotatable bonds is 3. The maximum atomic E-state index is 12.7. The third-order valence-electron chi connectivity index (χ3n) is 7.42. The Morgan fingerprint density at radius 2 is 1.84 bits per heavy atom. The molecule has 25 heavy (non-hydrogen) atoms. The van der Waals surface area contributed by atoms with Crippen LogP contribution in [0.15, 0.2) is 0 Å². The smallest absolute Gasteiger partial charge is 0.238 e. The van der Waals surface area contributed by atoms with Crippen molar-refractivity contribution in [3.05, 3.63) is 0 Å². The Morgan fingerprint density at radius 1 is 1.16 bits per heavy atom. The van der Waals surface area contributed by atoms with Crippen LogP contribution in [0.3, 0.4) is 0 Å². The summed E-state index contributed by atoms with van der Waals surface area (Å²) < 4.78 is 0. The lowest BCUT2D eigenvalue weighted by Gasteiger charge is -2.64. The fourth-order valence-corrected chi connectivity index (χ4v) is 7.19. The van der Waals surface area contributed by atoms with Crippen LogP contribution >= 0.6 is 0 Å². The van der Waals surface area contributed by atoms with Gasteiger partial charge in [0.1, 0.15) is 12.1 Å². The third-order valence-corrected chi connectivity index (χ3v) is 7.42. The van der Waals surface area contributed by atoms with E-state index in [2.05, 4.69) is 31.3 Å². The standard InChI is InChI=1S/C20H28N4O/c1-19-6-13-5-14(8-19)18(20(2,7-13)12-19)23-11-17(25)24-15(9-21)3-4-16(24)10-22/h13-16,18,23H,3-8,11-12H2,1-2H3/t13?,14?,15-,16+,18?,19?,20?. The van der Waals surface area contributed by atoms with Crippen molar-refractivity contribution in [2.24, 2.45) is 22.7 Å². The van der Waals surface area contributed by atoms with Crippen molar-refractivity contribution in [1.29, 1.82) is 10.5 Å². The van der Waals surface area contributed by atoms with Crippen LogP contribution in [0.25, 0.3) is 0 Å². The van der Waals surface area contributed by atoms with Gasteiger partial charge in [0.2, 0.25) is 5.91 Å². The van der Waals surface area contributed by atoms with E-state index in [9.17, 15) is 15.3 Å². The first-order valence-electron chi connectivity index (χ1n) is 9.71. The molecule has 0 aromatic carbocycles. The van der Waals surface area contributed by atoms with Gasteiger partial charge in [-0.2, -0.15) is 10.5 Å². The van der Waals surface area contributed by atoms with Crippen molar-refractivity contribution in [2.45, 2.75) is 76.9 Å². The average Bonchev–Trinajstić information content (AvgIpc) is 2.94. The van der Waals surface area contributed by atoms with Gasteiger partial charge in [0.25, 0.3) is 0 Å². The number of nitrogens with zero attached hydrogens (tertiary/aromatic N) is 3. The highest BCUT2D eigenvalue weighted by molar-refractivity contribution is 5.80. The molecule has 1 aliphatic heterocycles. The van der Waals surface area contributed by atoms with Gasteiger partial charge in [-0.25, -0.2) is 0 Å². The molecule has 0 spiro atoms. The Bertz CT molecular complexity index is 642. The second-order valence-electron chi connectivity index (χ2n) is 9.64. The lowest BCUT2D eigenvalue weighted by Crippen LogP contribution is -2.63. The fraction of sp³-hybridized carbons (Fsp3) is 0.850. The molecule has 5 aliphatic rings. The van der Waals surface area contributed by atoms with Crippen LogP contribution < -0.4 is 5.32 Å². The molecular formula is C20H28N4O. The summed E-state index contributed by atoms with van der Waals surface area (Å²) in [5.41, 5.74) is 0.781. The first-order chi connectivity index (χ1) is 11.9. The maximum absolute atomic E-state index is 12.7. The highest BCUT2D eigenvalue weighted by Gasteiger charge is 2.58. The van der Waals surface area contributed by atoms with Gasteiger partial charge in [0, 0.05) is 6.04 Å².